The molecule has 0 aromatic heterocycles. The molecule has 0 N–H and O–H groups in total. The minimum absolute atomic E-state index is 0.00111. The van der Waals surface area contributed by atoms with Crippen LogP contribution in [0.4, 0.5) is 0 Å². The molecule has 246 valence electrons. The standard InChI is InChI=1S/C31H35NP2.C9H9N.2ClH.Ru/c1-2-23-32(24-26-33(28-15-7-3-8-16-28)29-17-9-4-10-18-29)25-27-34(30-19-11-5-12-20-30)31-21-13-6-14-22-31;1-8(10-2)9-6-4-3-5-7-9;;;/h3-22H,2,23-27H2,1H3;3-8H,1H3;2*1H;/q;;;;+2/p-2/t;8-;;;/m.1.../s1. The predicted molar refractivity (Wildman–Crippen MR) is 208 cm³/mol. The predicted octanol–water partition coefficient (Wildman–Crippen LogP) is 10.0. The molecule has 0 aliphatic carbocycles. The molecule has 0 saturated heterocycles. The van der Waals surface area contributed by atoms with Gasteiger partial charge >= 0.3 is 34.5 Å². The molecule has 5 aromatic carbocycles. The fourth-order valence-electron chi connectivity index (χ4n) is 5.19. The van der Waals surface area contributed by atoms with Crippen molar-refractivity contribution < 1.29 is 15.1 Å². The van der Waals surface area contributed by atoms with Crippen LogP contribution in [0.1, 0.15) is 31.9 Å². The van der Waals surface area contributed by atoms with E-state index in [-0.39, 0.29) is 37.0 Å². The van der Waals surface area contributed by atoms with E-state index in [0.717, 1.165) is 18.7 Å². The quantitative estimate of drug-likeness (QED) is 0.0656. The Labute approximate surface area is 301 Å². The van der Waals surface area contributed by atoms with Gasteiger partial charge in [-0.15, -0.1) is 0 Å². The first-order valence-electron chi connectivity index (χ1n) is 15.9. The molecule has 47 heavy (non-hydrogen) atoms. The van der Waals surface area contributed by atoms with Crippen molar-refractivity contribution in [1.82, 2.24) is 4.90 Å². The monoisotopic (exact) mass is 786 g/mol. The summed E-state index contributed by atoms with van der Waals surface area (Å²) >= 11 is -0.346. The fourth-order valence-corrected chi connectivity index (χ4v) is 9.91. The maximum atomic E-state index is 6.77. The molecular formula is C40H44Cl2N2P2Ru. The van der Waals surface area contributed by atoms with E-state index >= 15 is 0 Å². The van der Waals surface area contributed by atoms with Crippen LogP contribution < -0.4 is 21.2 Å². The van der Waals surface area contributed by atoms with Crippen molar-refractivity contribution in [2.45, 2.75) is 26.3 Å². The Bertz CT molecular complexity index is 1360. The zero-order chi connectivity index (χ0) is 33.5. The summed E-state index contributed by atoms with van der Waals surface area (Å²) in [4.78, 5) is 6.12. The van der Waals surface area contributed by atoms with Crippen molar-refractivity contribution in [3.8, 4) is 0 Å². The first kappa shape index (κ1) is 39.1. The van der Waals surface area contributed by atoms with Crippen molar-refractivity contribution in [3.05, 3.63) is 169 Å². The van der Waals surface area contributed by atoms with Gasteiger partial charge in [0.25, 0.3) is 0 Å². The van der Waals surface area contributed by atoms with Crippen LogP contribution in [0.25, 0.3) is 4.85 Å². The van der Waals surface area contributed by atoms with Crippen LogP contribution in [0, 0.1) is 6.57 Å². The van der Waals surface area contributed by atoms with Gasteiger partial charge < -0.3 is 9.74 Å². The van der Waals surface area contributed by atoms with Crippen molar-refractivity contribution in [3.63, 3.8) is 0 Å². The van der Waals surface area contributed by atoms with Crippen LogP contribution in [0.15, 0.2) is 152 Å². The molecule has 1 atom stereocenters. The van der Waals surface area contributed by atoms with Crippen LogP contribution in [0.3, 0.4) is 0 Å². The summed E-state index contributed by atoms with van der Waals surface area (Å²) in [5.74, 6) is 0. The molecular weight excluding hydrogens is 742 g/mol. The summed E-state index contributed by atoms with van der Waals surface area (Å²) < 4.78 is 0. The number of rotatable bonds is 13. The third-order valence-corrected chi connectivity index (χ3v) is 12.5. The number of benzene rings is 5. The summed E-state index contributed by atoms with van der Waals surface area (Å²) in [6.07, 6.45) is 3.61. The van der Waals surface area contributed by atoms with Crippen LogP contribution >= 0.6 is 35.2 Å². The zero-order valence-electron chi connectivity index (χ0n) is 27.2. The van der Waals surface area contributed by atoms with Crippen LogP contribution in [0.5, 0.6) is 0 Å². The summed E-state index contributed by atoms with van der Waals surface area (Å²) in [5, 5.41) is 5.93. The van der Waals surface area contributed by atoms with E-state index in [1.165, 1.54) is 46.5 Å². The zero-order valence-corrected chi connectivity index (χ0v) is 32.2. The molecule has 0 amide bonds. The fraction of sp³-hybridized carbons (Fsp3) is 0.225. The van der Waals surface area contributed by atoms with E-state index in [1.807, 2.05) is 37.3 Å². The van der Waals surface area contributed by atoms with E-state index in [1.54, 1.807) is 0 Å². The Morgan fingerprint density at radius 1 is 0.574 bits per heavy atom. The molecule has 0 aliphatic rings. The van der Waals surface area contributed by atoms with Gasteiger partial charge in [-0.1, -0.05) is 159 Å². The van der Waals surface area contributed by atoms with E-state index < -0.39 is 0 Å². The average molecular weight is 787 g/mol. The number of nitrogens with zero attached hydrogens (tertiary/aromatic N) is 2. The van der Waals surface area contributed by atoms with Gasteiger partial charge in [-0.05, 0) is 62.4 Å². The summed E-state index contributed by atoms with van der Waals surface area (Å²) in [7, 11) is 9.02. The second-order valence-corrected chi connectivity index (χ2v) is 18.1. The topological polar surface area (TPSA) is 7.60 Å². The molecule has 0 bridgehead atoms. The van der Waals surface area contributed by atoms with Gasteiger partial charge in [-0.2, -0.15) is 0 Å². The molecule has 2 nitrogen and oxygen atoms in total. The van der Waals surface area contributed by atoms with Crippen molar-refractivity contribution in [2.75, 3.05) is 32.0 Å². The van der Waals surface area contributed by atoms with Gasteiger partial charge in [0.15, 0.2) is 0 Å². The molecule has 5 aromatic rings. The SMILES string of the molecule is CCCN(CCP(c1ccccc1)c1ccccc1)CCP(c1ccccc1)c1ccccc1.[C-]#[N+][C@H](C)c1ccccc1.[Cl][Ru][Cl]. The normalized spacial score (nSPS) is 11.3. The molecule has 0 aliphatic heterocycles. The molecule has 0 radical (unpaired) electrons. The molecule has 0 fully saturated rings. The van der Waals surface area contributed by atoms with E-state index in [0.29, 0.717) is 0 Å². The summed E-state index contributed by atoms with van der Waals surface area (Å²) in [6, 6.07) is 54.3. The molecule has 0 heterocycles. The second-order valence-electron chi connectivity index (χ2n) is 10.8. The third kappa shape index (κ3) is 14.3. The molecule has 5 rings (SSSR count). The Morgan fingerprint density at radius 2 is 0.872 bits per heavy atom. The van der Waals surface area contributed by atoms with Gasteiger partial charge in [0.05, 0.1) is 0 Å². The van der Waals surface area contributed by atoms with Crippen LogP contribution in [-0.4, -0.2) is 36.9 Å². The Balaban J connectivity index is 0.000000387. The van der Waals surface area contributed by atoms with Gasteiger partial charge in [0.2, 0.25) is 6.04 Å². The first-order valence-corrected chi connectivity index (χ1v) is 23.4. The maximum absolute atomic E-state index is 6.77. The number of halogens is 2. The van der Waals surface area contributed by atoms with E-state index in [2.05, 4.69) is 138 Å². The Morgan fingerprint density at radius 3 is 1.15 bits per heavy atom. The second kappa shape index (κ2) is 23.9. The number of hydrogen-bond donors (Lipinski definition) is 0. The number of hydrogen-bond acceptors (Lipinski definition) is 1. The van der Waals surface area contributed by atoms with Gasteiger partial charge in [0, 0.05) is 25.6 Å². The summed E-state index contributed by atoms with van der Waals surface area (Å²) in [5.41, 5.74) is 1.09. The molecule has 0 saturated carbocycles. The average Bonchev–Trinajstić information content (AvgIpc) is 3.14. The van der Waals surface area contributed by atoms with Crippen molar-refractivity contribution in [2.24, 2.45) is 0 Å². The Kier molecular flexibility index (Phi) is 19.8. The third-order valence-electron chi connectivity index (χ3n) is 7.57. The van der Waals surface area contributed by atoms with E-state index in [9.17, 15) is 0 Å². The van der Waals surface area contributed by atoms with Gasteiger partial charge in [-0.3, -0.25) is 0 Å². The first-order chi connectivity index (χ1) is 23.1. The van der Waals surface area contributed by atoms with Crippen LogP contribution in [-0.2, 0) is 15.1 Å². The summed E-state index contributed by atoms with van der Waals surface area (Å²) in [6.45, 7) is 14.4. The minimum atomic E-state index is -0.346. The van der Waals surface area contributed by atoms with Crippen molar-refractivity contribution in [1.29, 1.82) is 0 Å². The molecule has 0 unspecified atom stereocenters. The van der Waals surface area contributed by atoms with Gasteiger partial charge in [-0.25, -0.2) is 6.57 Å². The Hall–Kier alpha value is -2.39. The molecule has 0 spiro atoms. The molecule has 7 heteroatoms. The van der Waals surface area contributed by atoms with E-state index in [4.69, 9.17) is 26.0 Å². The van der Waals surface area contributed by atoms with Crippen molar-refractivity contribution >= 4 is 56.4 Å². The van der Waals surface area contributed by atoms with Gasteiger partial charge in [0.1, 0.15) is 0 Å². The van der Waals surface area contributed by atoms with Crippen LogP contribution in [0.2, 0.25) is 0 Å².